The van der Waals surface area contributed by atoms with Crippen molar-refractivity contribution >= 4 is 34.4 Å². The quantitative estimate of drug-likeness (QED) is 0.210. The highest BCUT2D eigenvalue weighted by Gasteiger charge is 2.19. The van der Waals surface area contributed by atoms with Crippen molar-refractivity contribution in [1.29, 1.82) is 0 Å². The molecule has 0 aromatic heterocycles. The summed E-state index contributed by atoms with van der Waals surface area (Å²) in [6.07, 6.45) is 1.02. The fourth-order valence-electron chi connectivity index (χ4n) is 2.82. The number of azo groups is 1. The van der Waals surface area contributed by atoms with Gasteiger partial charge in [-0.25, -0.2) is 0 Å². The Morgan fingerprint density at radius 2 is 1.74 bits per heavy atom. The molecule has 0 aliphatic carbocycles. The number of hydrogen-bond acceptors (Lipinski definition) is 9. The first-order valence-electron chi connectivity index (χ1n) is 9.70. The van der Waals surface area contributed by atoms with Crippen molar-refractivity contribution in [2.24, 2.45) is 10.2 Å². The van der Waals surface area contributed by atoms with Crippen LogP contribution in [0.3, 0.4) is 0 Å². The monoisotopic (exact) mass is 429 g/mol. The SMILES string of the molecule is CCOC(=O)CCCN(CC)c1ccc(N=Nc2ccc([N+](=O)[O-])cc2[N+](=O)[O-])cc1. The molecule has 0 amide bonds. The van der Waals surface area contributed by atoms with Gasteiger partial charge in [-0.3, -0.25) is 25.0 Å². The van der Waals surface area contributed by atoms with E-state index in [-0.39, 0.29) is 11.7 Å². The van der Waals surface area contributed by atoms with E-state index in [0.29, 0.717) is 31.7 Å². The minimum Gasteiger partial charge on any atom is -0.466 e. The van der Waals surface area contributed by atoms with Crippen LogP contribution in [-0.2, 0) is 9.53 Å². The van der Waals surface area contributed by atoms with Crippen molar-refractivity contribution in [3.8, 4) is 0 Å². The number of benzene rings is 2. The normalized spacial score (nSPS) is 10.8. The van der Waals surface area contributed by atoms with Crippen LogP contribution in [0.25, 0.3) is 0 Å². The van der Waals surface area contributed by atoms with Gasteiger partial charge in [-0.05, 0) is 50.6 Å². The van der Waals surface area contributed by atoms with E-state index in [2.05, 4.69) is 15.1 Å². The fraction of sp³-hybridized carbons (Fsp3) is 0.350. The third-order valence-electron chi connectivity index (χ3n) is 4.35. The number of carbonyl (C=O) groups excluding carboxylic acids is 1. The van der Waals surface area contributed by atoms with E-state index < -0.39 is 21.2 Å². The zero-order valence-corrected chi connectivity index (χ0v) is 17.3. The Morgan fingerprint density at radius 1 is 1.03 bits per heavy atom. The van der Waals surface area contributed by atoms with Crippen LogP contribution in [0.4, 0.5) is 28.4 Å². The van der Waals surface area contributed by atoms with E-state index in [4.69, 9.17) is 4.74 Å². The van der Waals surface area contributed by atoms with Crippen molar-refractivity contribution < 1.29 is 19.4 Å². The van der Waals surface area contributed by atoms with Crippen molar-refractivity contribution in [2.45, 2.75) is 26.7 Å². The van der Waals surface area contributed by atoms with Crippen LogP contribution >= 0.6 is 0 Å². The third-order valence-corrected chi connectivity index (χ3v) is 4.35. The number of esters is 1. The standard InChI is InChI=1S/C20H23N5O6/c1-3-23(13-5-6-20(26)31-4-2)16-9-7-15(8-10-16)21-22-18-12-11-17(24(27)28)14-19(18)25(29)30/h7-12,14H,3-6,13H2,1-2H3. The third kappa shape index (κ3) is 6.84. The first-order chi connectivity index (χ1) is 14.8. The number of nitrogens with zero attached hydrogens (tertiary/aromatic N) is 5. The number of nitro benzene ring substituents is 2. The van der Waals surface area contributed by atoms with Gasteiger partial charge in [0.2, 0.25) is 0 Å². The highest BCUT2D eigenvalue weighted by Crippen LogP contribution is 2.32. The first-order valence-corrected chi connectivity index (χ1v) is 9.70. The van der Waals surface area contributed by atoms with Gasteiger partial charge in [0.15, 0.2) is 5.69 Å². The molecule has 0 bridgehead atoms. The summed E-state index contributed by atoms with van der Waals surface area (Å²) >= 11 is 0. The molecular formula is C20H23N5O6. The topological polar surface area (TPSA) is 141 Å². The van der Waals surface area contributed by atoms with Gasteiger partial charge >= 0.3 is 11.7 Å². The highest BCUT2D eigenvalue weighted by molar-refractivity contribution is 5.69. The second-order valence-electron chi connectivity index (χ2n) is 6.39. The number of anilines is 1. The Labute approximate surface area is 178 Å². The molecule has 0 aliphatic heterocycles. The number of non-ortho nitro benzene ring substituents is 1. The largest absolute Gasteiger partial charge is 0.466 e. The van der Waals surface area contributed by atoms with Crippen molar-refractivity contribution in [2.75, 3.05) is 24.6 Å². The molecule has 0 unspecified atom stereocenters. The molecule has 0 saturated heterocycles. The van der Waals surface area contributed by atoms with E-state index in [1.54, 1.807) is 19.1 Å². The summed E-state index contributed by atoms with van der Waals surface area (Å²) in [5.41, 5.74) is 0.449. The van der Waals surface area contributed by atoms with Gasteiger partial charge in [0, 0.05) is 31.3 Å². The van der Waals surface area contributed by atoms with Crippen molar-refractivity contribution in [3.63, 3.8) is 0 Å². The average Bonchev–Trinajstić information content (AvgIpc) is 2.75. The fourth-order valence-corrected chi connectivity index (χ4v) is 2.82. The summed E-state index contributed by atoms with van der Waals surface area (Å²) in [6, 6.07) is 10.3. The Kier molecular flexibility index (Phi) is 8.55. The Hall–Kier alpha value is -3.89. The summed E-state index contributed by atoms with van der Waals surface area (Å²) in [5, 5.41) is 29.9. The predicted octanol–water partition coefficient (Wildman–Crippen LogP) is 5.09. The molecule has 2 aromatic rings. The summed E-state index contributed by atoms with van der Waals surface area (Å²) < 4.78 is 4.93. The zero-order valence-electron chi connectivity index (χ0n) is 17.3. The summed E-state index contributed by atoms with van der Waals surface area (Å²) in [6.45, 7) is 5.58. The molecule has 0 radical (unpaired) electrons. The lowest BCUT2D eigenvalue weighted by Crippen LogP contribution is -2.24. The van der Waals surface area contributed by atoms with E-state index >= 15 is 0 Å². The smallest absolute Gasteiger partial charge is 0.305 e. The van der Waals surface area contributed by atoms with Crippen molar-refractivity contribution in [1.82, 2.24) is 0 Å². The minimum absolute atomic E-state index is 0.0752. The summed E-state index contributed by atoms with van der Waals surface area (Å²) in [5.74, 6) is -0.213. The van der Waals surface area contributed by atoms with Gasteiger partial charge in [0.05, 0.1) is 28.2 Å². The summed E-state index contributed by atoms with van der Waals surface area (Å²) in [4.78, 5) is 34.1. The van der Waals surface area contributed by atoms with Gasteiger partial charge < -0.3 is 9.64 Å². The molecule has 0 saturated carbocycles. The van der Waals surface area contributed by atoms with Crippen molar-refractivity contribution in [3.05, 3.63) is 62.7 Å². The van der Waals surface area contributed by atoms with Crippen LogP contribution in [0.5, 0.6) is 0 Å². The van der Waals surface area contributed by atoms with Crippen LogP contribution in [0, 0.1) is 20.2 Å². The Balaban J connectivity index is 2.08. The second-order valence-corrected chi connectivity index (χ2v) is 6.39. The van der Waals surface area contributed by atoms with Gasteiger partial charge in [-0.2, -0.15) is 5.11 Å². The van der Waals surface area contributed by atoms with Crippen LogP contribution < -0.4 is 4.90 Å². The molecule has 0 aliphatic rings. The number of carbonyl (C=O) groups is 1. The number of ether oxygens (including phenoxy) is 1. The number of nitro groups is 2. The van der Waals surface area contributed by atoms with Gasteiger partial charge in [-0.15, -0.1) is 5.11 Å². The molecule has 0 fully saturated rings. The lowest BCUT2D eigenvalue weighted by atomic mass is 10.2. The van der Waals surface area contributed by atoms with E-state index in [1.807, 2.05) is 19.1 Å². The molecule has 11 nitrogen and oxygen atoms in total. The average molecular weight is 429 g/mol. The molecule has 31 heavy (non-hydrogen) atoms. The molecule has 0 atom stereocenters. The Morgan fingerprint density at radius 3 is 2.32 bits per heavy atom. The van der Waals surface area contributed by atoms with Crippen LogP contribution in [0.15, 0.2) is 52.7 Å². The Bertz CT molecular complexity index is 961. The van der Waals surface area contributed by atoms with E-state index in [9.17, 15) is 25.0 Å². The minimum atomic E-state index is -0.736. The lowest BCUT2D eigenvalue weighted by Gasteiger charge is -2.23. The van der Waals surface area contributed by atoms with Gasteiger partial charge in [0.25, 0.3) is 5.69 Å². The molecule has 2 aromatic carbocycles. The first kappa shape index (κ1) is 23.4. The molecule has 0 N–H and O–H groups in total. The molecule has 2 rings (SSSR count). The molecule has 0 spiro atoms. The summed E-state index contributed by atoms with van der Waals surface area (Å²) in [7, 11) is 0. The number of hydrogen-bond donors (Lipinski definition) is 0. The maximum absolute atomic E-state index is 11.5. The molecule has 164 valence electrons. The van der Waals surface area contributed by atoms with Gasteiger partial charge in [-0.1, -0.05) is 0 Å². The molecular weight excluding hydrogens is 406 g/mol. The van der Waals surface area contributed by atoms with Crippen LogP contribution in [-0.4, -0.2) is 35.5 Å². The van der Waals surface area contributed by atoms with Crippen LogP contribution in [0.2, 0.25) is 0 Å². The maximum Gasteiger partial charge on any atom is 0.305 e. The maximum atomic E-state index is 11.5. The highest BCUT2D eigenvalue weighted by atomic mass is 16.6. The van der Waals surface area contributed by atoms with E-state index in [0.717, 1.165) is 24.4 Å². The second kappa shape index (κ2) is 11.3. The predicted molar refractivity (Wildman–Crippen MR) is 114 cm³/mol. The van der Waals surface area contributed by atoms with E-state index in [1.165, 1.54) is 6.07 Å². The molecule has 0 heterocycles. The van der Waals surface area contributed by atoms with Crippen LogP contribution in [0.1, 0.15) is 26.7 Å². The number of rotatable bonds is 11. The molecule has 11 heteroatoms. The zero-order chi connectivity index (χ0) is 22.8. The lowest BCUT2D eigenvalue weighted by molar-refractivity contribution is -0.393. The van der Waals surface area contributed by atoms with Gasteiger partial charge in [0.1, 0.15) is 0 Å².